The predicted molar refractivity (Wildman–Crippen MR) is 66.1 cm³/mol. The molecular formula is C14H22N2O. The molecule has 17 heavy (non-hydrogen) atoms. The van der Waals surface area contributed by atoms with Crippen LogP contribution in [0.15, 0.2) is 0 Å². The molecule has 0 aromatic heterocycles. The quantitative estimate of drug-likeness (QED) is 0.750. The summed E-state index contributed by atoms with van der Waals surface area (Å²) in [5, 5.41) is 8.66. The Hall–Kier alpha value is -1.04. The fourth-order valence-corrected chi connectivity index (χ4v) is 2.77. The average molecular weight is 234 g/mol. The van der Waals surface area contributed by atoms with Crippen molar-refractivity contribution in [2.45, 2.75) is 57.9 Å². The number of rotatable bonds is 4. The van der Waals surface area contributed by atoms with E-state index >= 15 is 0 Å². The van der Waals surface area contributed by atoms with Gasteiger partial charge in [0.05, 0.1) is 12.5 Å². The number of amides is 1. The molecule has 1 amide bonds. The standard InChI is InChI=1S/C14H22N2O/c1-11-3-5-12(6-4-11)14(17)16(10-2-9-15)13-7-8-13/h11-13H,2-8,10H2,1H3. The van der Waals surface area contributed by atoms with Gasteiger partial charge in [0.1, 0.15) is 0 Å². The first-order chi connectivity index (χ1) is 8.22. The van der Waals surface area contributed by atoms with Gasteiger partial charge in [-0.1, -0.05) is 6.92 Å². The molecule has 0 radical (unpaired) electrons. The van der Waals surface area contributed by atoms with Crippen molar-refractivity contribution in [3.05, 3.63) is 0 Å². The molecular weight excluding hydrogens is 212 g/mol. The van der Waals surface area contributed by atoms with Crippen LogP contribution in [-0.4, -0.2) is 23.4 Å². The van der Waals surface area contributed by atoms with Crippen LogP contribution in [0.1, 0.15) is 51.9 Å². The van der Waals surface area contributed by atoms with Crippen molar-refractivity contribution in [1.82, 2.24) is 4.90 Å². The number of nitriles is 1. The summed E-state index contributed by atoms with van der Waals surface area (Å²) in [4.78, 5) is 14.4. The van der Waals surface area contributed by atoms with Crippen LogP contribution in [0, 0.1) is 23.2 Å². The molecule has 0 N–H and O–H groups in total. The minimum Gasteiger partial charge on any atom is -0.338 e. The van der Waals surface area contributed by atoms with Gasteiger partial charge in [-0.25, -0.2) is 0 Å². The number of carbonyl (C=O) groups is 1. The van der Waals surface area contributed by atoms with Crippen LogP contribution in [0.2, 0.25) is 0 Å². The van der Waals surface area contributed by atoms with E-state index in [0.717, 1.165) is 31.6 Å². The largest absolute Gasteiger partial charge is 0.338 e. The zero-order chi connectivity index (χ0) is 12.3. The topological polar surface area (TPSA) is 44.1 Å². The summed E-state index contributed by atoms with van der Waals surface area (Å²) in [5.41, 5.74) is 0. The minimum absolute atomic E-state index is 0.241. The van der Waals surface area contributed by atoms with Crippen molar-refractivity contribution < 1.29 is 4.79 Å². The lowest BCUT2D eigenvalue weighted by molar-refractivity contribution is -0.137. The van der Waals surface area contributed by atoms with Gasteiger partial charge in [0.25, 0.3) is 0 Å². The average Bonchev–Trinajstić information content (AvgIpc) is 3.14. The molecule has 94 valence electrons. The molecule has 2 fully saturated rings. The second kappa shape index (κ2) is 5.53. The third-order valence-electron chi connectivity index (χ3n) is 4.10. The van der Waals surface area contributed by atoms with Gasteiger partial charge in [0.2, 0.25) is 5.91 Å². The summed E-state index contributed by atoms with van der Waals surface area (Å²) < 4.78 is 0. The third-order valence-corrected chi connectivity index (χ3v) is 4.10. The molecule has 3 heteroatoms. The van der Waals surface area contributed by atoms with E-state index in [0.29, 0.717) is 24.9 Å². The lowest BCUT2D eigenvalue weighted by Gasteiger charge is -2.30. The van der Waals surface area contributed by atoms with Crippen LogP contribution >= 0.6 is 0 Å². The molecule has 2 aliphatic carbocycles. The van der Waals surface area contributed by atoms with E-state index in [1.165, 1.54) is 12.8 Å². The molecule has 3 nitrogen and oxygen atoms in total. The first-order valence-corrected chi connectivity index (χ1v) is 6.89. The second-order valence-corrected chi connectivity index (χ2v) is 5.63. The van der Waals surface area contributed by atoms with Crippen molar-refractivity contribution in [3.8, 4) is 6.07 Å². The van der Waals surface area contributed by atoms with Gasteiger partial charge in [0, 0.05) is 18.5 Å². The van der Waals surface area contributed by atoms with Crippen molar-refractivity contribution in [1.29, 1.82) is 5.26 Å². The molecule has 0 aliphatic heterocycles. The molecule has 2 saturated carbocycles. The lowest BCUT2D eigenvalue weighted by atomic mass is 9.82. The van der Waals surface area contributed by atoms with Gasteiger partial charge in [-0.05, 0) is 44.4 Å². The predicted octanol–water partition coefficient (Wildman–Crippen LogP) is 2.72. The Kier molecular flexibility index (Phi) is 4.04. The first-order valence-electron chi connectivity index (χ1n) is 6.89. The van der Waals surface area contributed by atoms with Gasteiger partial charge in [-0.3, -0.25) is 4.79 Å². The zero-order valence-electron chi connectivity index (χ0n) is 10.7. The van der Waals surface area contributed by atoms with E-state index in [4.69, 9.17) is 5.26 Å². The van der Waals surface area contributed by atoms with Crippen LogP contribution in [0.4, 0.5) is 0 Å². The fourth-order valence-electron chi connectivity index (χ4n) is 2.77. The van der Waals surface area contributed by atoms with E-state index in [1.807, 2.05) is 4.90 Å². The Labute approximate surface area is 104 Å². The maximum absolute atomic E-state index is 12.4. The monoisotopic (exact) mass is 234 g/mol. The Morgan fingerprint density at radius 3 is 2.41 bits per heavy atom. The maximum Gasteiger partial charge on any atom is 0.225 e. The van der Waals surface area contributed by atoms with E-state index in [9.17, 15) is 4.79 Å². The Morgan fingerprint density at radius 1 is 1.24 bits per heavy atom. The molecule has 0 atom stereocenters. The van der Waals surface area contributed by atoms with Crippen LogP contribution in [0.5, 0.6) is 0 Å². The zero-order valence-corrected chi connectivity index (χ0v) is 10.7. The molecule has 0 spiro atoms. The number of hydrogen-bond acceptors (Lipinski definition) is 2. The molecule has 0 heterocycles. The highest BCUT2D eigenvalue weighted by Crippen LogP contribution is 2.33. The van der Waals surface area contributed by atoms with Gasteiger partial charge >= 0.3 is 0 Å². The van der Waals surface area contributed by atoms with Gasteiger partial charge in [-0.2, -0.15) is 5.26 Å². The fraction of sp³-hybridized carbons (Fsp3) is 0.857. The van der Waals surface area contributed by atoms with Gasteiger partial charge < -0.3 is 4.90 Å². The highest BCUT2D eigenvalue weighted by atomic mass is 16.2. The second-order valence-electron chi connectivity index (χ2n) is 5.63. The Balaban J connectivity index is 1.89. The summed E-state index contributed by atoms with van der Waals surface area (Å²) in [7, 11) is 0. The summed E-state index contributed by atoms with van der Waals surface area (Å²) in [6.45, 7) is 2.92. The van der Waals surface area contributed by atoms with Crippen molar-refractivity contribution in [2.75, 3.05) is 6.54 Å². The van der Waals surface area contributed by atoms with E-state index in [2.05, 4.69) is 13.0 Å². The highest BCUT2D eigenvalue weighted by molar-refractivity contribution is 5.79. The van der Waals surface area contributed by atoms with E-state index in [-0.39, 0.29) is 5.92 Å². The molecule has 0 aromatic rings. The van der Waals surface area contributed by atoms with Crippen molar-refractivity contribution in [3.63, 3.8) is 0 Å². The number of carbonyl (C=O) groups excluding carboxylic acids is 1. The van der Waals surface area contributed by atoms with E-state index in [1.54, 1.807) is 0 Å². The number of nitrogens with zero attached hydrogens (tertiary/aromatic N) is 2. The molecule has 0 aromatic carbocycles. The van der Waals surface area contributed by atoms with Gasteiger partial charge in [0.15, 0.2) is 0 Å². The van der Waals surface area contributed by atoms with Crippen molar-refractivity contribution >= 4 is 5.91 Å². The summed E-state index contributed by atoms with van der Waals surface area (Å²) in [6, 6.07) is 2.61. The summed E-state index contributed by atoms with van der Waals surface area (Å²) in [5.74, 6) is 1.35. The molecule has 2 aliphatic rings. The molecule has 0 bridgehead atoms. The highest BCUT2D eigenvalue weighted by Gasteiger charge is 2.36. The third kappa shape index (κ3) is 3.21. The van der Waals surface area contributed by atoms with Gasteiger partial charge in [-0.15, -0.1) is 0 Å². The van der Waals surface area contributed by atoms with E-state index < -0.39 is 0 Å². The Bertz CT molecular complexity index is 309. The normalized spacial score (nSPS) is 28.5. The molecule has 0 saturated heterocycles. The van der Waals surface area contributed by atoms with Crippen molar-refractivity contribution in [2.24, 2.45) is 11.8 Å². The minimum atomic E-state index is 0.241. The molecule has 0 unspecified atom stereocenters. The summed E-state index contributed by atoms with van der Waals surface area (Å²) in [6.07, 6.45) is 7.23. The smallest absolute Gasteiger partial charge is 0.225 e. The lowest BCUT2D eigenvalue weighted by Crippen LogP contribution is -2.39. The summed E-state index contributed by atoms with van der Waals surface area (Å²) >= 11 is 0. The van der Waals surface area contributed by atoms with Crippen LogP contribution < -0.4 is 0 Å². The first kappa shape index (κ1) is 12.4. The number of hydrogen-bond donors (Lipinski definition) is 0. The Morgan fingerprint density at radius 2 is 1.88 bits per heavy atom. The molecule has 2 rings (SSSR count). The van der Waals surface area contributed by atoms with Crippen LogP contribution in [0.25, 0.3) is 0 Å². The maximum atomic E-state index is 12.4. The van der Waals surface area contributed by atoms with Crippen LogP contribution in [0.3, 0.4) is 0 Å². The SMILES string of the molecule is CC1CCC(C(=O)N(CCC#N)C2CC2)CC1. The van der Waals surface area contributed by atoms with Crippen LogP contribution in [-0.2, 0) is 4.79 Å².